The Labute approximate surface area is 126 Å². The van der Waals surface area contributed by atoms with Crippen LogP contribution < -0.4 is 5.73 Å². The van der Waals surface area contributed by atoms with E-state index in [1.807, 2.05) is 7.11 Å². The SMILES string of the molecule is COC1CCN(C(CN)c2ccc3ccccc3c2)CC1. The Balaban J connectivity index is 1.81. The smallest absolute Gasteiger partial charge is 0.0595 e. The van der Waals surface area contributed by atoms with Crippen LogP contribution in [-0.2, 0) is 4.74 Å². The highest BCUT2D eigenvalue weighted by molar-refractivity contribution is 5.83. The molecule has 3 rings (SSSR count). The molecule has 1 unspecified atom stereocenters. The van der Waals surface area contributed by atoms with Gasteiger partial charge in [0.25, 0.3) is 0 Å². The molecule has 2 aromatic rings. The topological polar surface area (TPSA) is 38.5 Å². The van der Waals surface area contributed by atoms with Crippen LogP contribution in [-0.4, -0.2) is 37.7 Å². The van der Waals surface area contributed by atoms with Crippen LogP contribution >= 0.6 is 0 Å². The maximum atomic E-state index is 6.07. The molecule has 21 heavy (non-hydrogen) atoms. The minimum atomic E-state index is 0.312. The molecule has 2 N–H and O–H groups in total. The van der Waals surface area contributed by atoms with Crippen LogP contribution in [0.2, 0.25) is 0 Å². The third kappa shape index (κ3) is 3.10. The van der Waals surface area contributed by atoms with Crippen LogP contribution in [0.5, 0.6) is 0 Å². The summed E-state index contributed by atoms with van der Waals surface area (Å²) in [5.74, 6) is 0. The van der Waals surface area contributed by atoms with Crippen molar-refractivity contribution < 1.29 is 4.74 Å². The lowest BCUT2D eigenvalue weighted by Crippen LogP contribution is -2.41. The minimum Gasteiger partial charge on any atom is -0.381 e. The summed E-state index contributed by atoms with van der Waals surface area (Å²) >= 11 is 0. The minimum absolute atomic E-state index is 0.312. The summed E-state index contributed by atoms with van der Waals surface area (Å²) in [6.45, 7) is 2.79. The summed E-state index contributed by atoms with van der Waals surface area (Å²) in [7, 11) is 1.81. The number of hydrogen-bond acceptors (Lipinski definition) is 3. The quantitative estimate of drug-likeness (QED) is 0.938. The van der Waals surface area contributed by atoms with E-state index in [0.717, 1.165) is 25.9 Å². The molecule has 0 saturated carbocycles. The molecule has 2 aromatic carbocycles. The Bertz CT molecular complexity index is 591. The van der Waals surface area contributed by atoms with Gasteiger partial charge in [-0.25, -0.2) is 0 Å². The van der Waals surface area contributed by atoms with Crippen molar-refractivity contribution in [2.75, 3.05) is 26.7 Å². The average Bonchev–Trinajstić information content (AvgIpc) is 2.56. The number of hydrogen-bond donors (Lipinski definition) is 1. The summed E-state index contributed by atoms with van der Waals surface area (Å²) in [5.41, 5.74) is 7.40. The number of rotatable bonds is 4. The van der Waals surface area contributed by atoms with E-state index in [2.05, 4.69) is 47.4 Å². The van der Waals surface area contributed by atoms with Gasteiger partial charge in [-0.2, -0.15) is 0 Å². The van der Waals surface area contributed by atoms with Gasteiger partial charge in [-0.15, -0.1) is 0 Å². The Kier molecular flexibility index (Phi) is 4.54. The van der Waals surface area contributed by atoms with Crippen LogP contribution in [0, 0.1) is 0 Å². The van der Waals surface area contributed by atoms with E-state index >= 15 is 0 Å². The third-order valence-corrected chi connectivity index (χ3v) is 4.63. The van der Waals surface area contributed by atoms with Crippen LogP contribution in [0.25, 0.3) is 10.8 Å². The van der Waals surface area contributed by atoms with Gasteiger partial charge in [-0.05, 0) is 35.2 Å². The molecule has 3 heteroatoms. The Hall–Kier alpha value is -1.42. The lowest BCUT2D eigenvalue weighted by molar-refractivity contribution is 0.0280. The highest BCUT2D eigenvalue weighted by Crippen LogP contribution is 2.27. The highest BCUT2D eigenvalue weighted by Gasteiger charge is 2.25. The van der Waals surface area contributed by atoms with Gasteiger partial charge in [0, 0.05) is 32.8 Å². The second kappa shape index (κ2) is 6.56. The number of piperidine rings is 1. The fourth-order valence-corrected chi connectivity index (χ4v) is 3.33. The van der Waals surface area contributed by atoms with Gasteiger partial charge >= 0.3 is 0 Å². The summed E-state index contributed by atoms with van der Waals surface area (Å²) in [5, 5.41) is 2.58. The zero-order valence-electron chi connectivity index (χ0n) is 12.7. The van der Waals surface area contributed by atoms with E-state index in [1.165, 1.54) is 16.3 Å². The molecule has 0 aliphatic carbocycles. The molecule has 1 heterocycles. The first-order valence-electron chi connectivity index (χ1n) is 7.77. The number of likely N-dealkylation sites (tertiary alicyclic amines) is 1. The fourth-order valence-electron chi connectivity index (χ4n) is 3.33. The molecule has 0 spiro atoms. The molecule has 0 bridgehead atoms. The van der Waals surface area contributed by atoms with Gasteiger partial charge in [0.15, 0.2) is 0 Å². The van der Waals surface area contributed by atoms with Crippen molar-refractivity contribution in [1.29, 1.82) is 0 Å². The molecule has 1 aliphatic heterocycles. The summed E-state index contributed by atoms with van der Waals surface area (Å²) in [4.78, 5) is 2.50. The first-order chi connectivity index (χ1) is 10.3. The van der Waals surface area contributed by atoms with E-state index < -0.39 is 0 Å². The molecule has 0 amide bonds. The zero-order valence-corrected chi connectivity index (χ0v) is 12.7. The zero-order chi connectivity index (χ0) is 14.7. The van der Waals surface area contributed by atoms with Crippen molar-refractivity contribution >= 4 is 10.8 Å². The normalized spacial score (nSPS) is 19.0. The summed E-state index contributed by atoms with van der Waals surface area (Å²) in [6.07, 6.45) is 2.61. The van der Waals surface area contributed by atoms with Crippen molar-refractivity contribution in [2.24, 2.45) is 5.73 Å². The molecular formula is C18H24N2O. The number of ether oxygens (including phenoxy) is 1. The van der Waals surface area contributed by atoms with Crippen LogP contribution in [0.3, 0.4) is 0 Å². The Morgan fingerprint density at radius 3 is 2.52 bits per heavy atom. The van der Waals surface area contributed by atoms with Crippen molar-refractivity contribution in [1.82, 2.24) is 4.90 Å². The molecule has 0 radical (unpaired) electrons. The number of methoxy groups -OCH3 is 1. The predicted octanol–water partition coefficient (Wildman–Crippen LogP) is 2.95. The maximum Gasteiger partial charge on any atom is 0.0595 e. The number of fused-ring (bicyclic) bond motifs is 1. The van der Waals surface area contributed by atoms with Crippen molar-refractivity contribution in [2.45, 2.75) is 25.0 Å². The van der Waals surface area contributed by atoms with Gasteiger partial charge in [0.1, 0.15) is 0 Å². The first kappa shape index (κ1) is 14.5. The van der Waals surface area contributed by atoms with Gasteiger partial charge in [-0.1, -0.05) is 36.4 Å². The van der Waals surface area contributed by atoms with Crippen LogP contribution in [0.15, 0.2) is 42.5 Å². The first-order valence-corrected chi connectivity index (χ1v) is 7.77. The summed E-state index contributed by atoms with van der Waals surface area (Å²) < 4.78 is 5.46. The Morgan fingerprint density at radius 2 is 1.86 bits per heavy atom. The third-order valence-electron chi connectivity index (χ3n) is 4.63. The van der Waals surface area contributed by atoms with Crippen molar-refractivity contribution in [3.8, 4) is 0 Å². The summed E-state index contributed by atoms with van der Waals surface area (Å²) in [6, 6.07) is 15.5. The Morgan fingerprint density at radius 1 is 1.14 bits per heavy atom. The van der Waals surface area contributed by atoms with E-state index in [4.69, 9.17) is 10.5 Å². The second-order valence-corrected chi connectivity index (χ2v) is 5.83. The van der Waals surface area contributed by atoms with E-state index in [-0.39, 0.29) is 0 Å². The van der Waals surface area contributed by atoms with E-state index in [1.54, 1.807) is 0 Å². The predicted molar refractivity (Wildman–Crippen MR) is 87.3 cm³/mol. The maximum absolute atomic E-state index is 6.07. The average molecular weight is 284 g/mol. The highest BCUT2D eigenvalue weighted by atomic mass is 16.5. The number of nitrogens with two attached hydrogens (primary N) is 1. The van der Waals surface area contributed by atoms with Crippen molar-refractivity contribution in [3.63, 3.8) is 0 Å². The van der Waals surface area contributed by atoms with Gasteiger partial charge in [-0.3, -0.25) is 4.90 Å². The molecule has 3 nitrogen and oxygen atoms in total. The van der Waals surface area contributed by atoms with E-state index in [9.17, 15) is 0 Å². The van der Waals surface area contributed by atoms with E-state index in [0.29, 0.717) is 18.7 Å². The largest absolute Gasteiger partial charge is 0.381 e. The van der Waals surface area contributed by atoms with Gasteiger partial charge in [0.05, 0.1) is 6.10 Å². The van der Waals surface area contributed by atoms with Crippen LogP contribution in [0.4, 0.5) is 0 Å². The standard InChI is InChI=1S/C18H24N2O/c1-21-17-8-10-20(11-9-17)18(13-19)16-7-6-14-4-2-3-5-15(14)12-16/h2-7,12,17-18H,8-11,13,19H2,1H3. The fraction of sp³-hybridized carbons (Fsp3) is 0.444. The molecule has 112 valence electrons. The molecule has 1 fully saturated rings. The molecule has 1 aliphatic rings. The van der Waals surface area contributed by atoms with Crippen LogP contribution in [0.1, 0.15) is 24.4 Å². The van der Waals surface area contributed by atoms with Gasteiger partial charge in [0.2, 0.25) is 0 Å². The van der Waals surface area contributed by atoms with Gasteiger partial charge < -0.3 is 10.5 Å². The lowest BCUT2D eigenvalue weighted by Gasteiger charge is -2.37. The number of benzene rings is 2. The monoisotopic (exact) mass is 284 g/mol. The molecule has 1 atom stereocenters. The molecule has 1 saturated heterocycles. The molecular weight excluding hydrogens is 260 g/mol. The van der Waals surface area contributed by atoms with Crippen molar-refractivity contribution in [3.05, 3.63) is 48.0 Å². The second-order valence-electron chi connectivity index (χ2n) is 5.83. The number of nitrogens with zero attached hydrogens (tertiary/aromatic N) is 1. The molecule has 0 aromatic heterocycles. The lowest BCUT2D eigenvalue weighted by atomic mass is 9.98.